The highest BCUT2D eigenvalue weighted by Gasteiger charge is 2.12. The van der Waals surface area contributed by atoms with E-state index >= 15 is 0 Å². The maximum Gasteiger partial charge on any atom is 0.245 e. The molecule has 0 unspecified atom stereocenters. The number of fused-ring (bicyclic) bond motifs is 1. The number of halogens is 1. The Kier molecular flexibility index (Phi) is 5.28. The summed E-state index contributed by atoms with van der Waals surface area (Å²) in [5.41, 5.74) is 5.24. The number of nitrogens with one attached hydrogen (secondary N) is 2. The molecule has 9 nitrogen and oxygen atoms in total. The number of nitrogens with zero attached hydrogens (tertiary/aromatic N) is 5. The fourth-order valence-corrected chi connectivity index (χ4v) is 2.69. The van der Waals surface area contributed by atoms with E-state index in [-0.39, 0.29) is 5.65 Å². The van der Waals surface area contributed by atoms with Crippen molar-refractivity contribution in [2.24, 2.45) is 5.10 Å². The van der Waals surface area contributed by atoms with Crippen molar-refractivity contribution in [2.45, 2.75) is 0 Å². The monoisotopic (exact) mass is 487 g/mol. The lowest BCUT2D eigenvalue weighted by atomic mass is 10.2. The van der Waals surface area contributed by atoms with Gasteiger partial charge in [0.25, 0.3) is 0 Å². The van der Waals surface area contributed by atoms with Gasteiger partial charge in [-0.2, -0.15) is 10.1 Å². The van der Waals surface area contributed by atoms with Crippen molar-refractivity contribution in [2.75, 3.05) is 17.9 Å². The topological polar surface area (TPSA) is 110 Å². The van der Waals surface area contributed by atoms with Gasteiger partial charge in [-0.25, -0.2) is 9.61 Å². The van der Waals surface area contributed by atoms with Crippen LogP contribution in [0.25, 0.3) is 11.3 Å². The minimum Gasteiger partial charge on any atom is -0.497 e. The van der Waals surface area contributed by atoms with Crippen LogP contribution in [0.1, 0.15) is 5.56 Å². The molecule has 0 atom stereocenters. The lowest BCUT2D eigenvalue weighted by Gasteiger charge is -2.09. The van der Waals surface area contributed by atoms with E-state index in [9.17, 15) is 0 Å². The van der Waals surface area contributed by atoms with Gasteiger partial charge in [0.2, 0.25) is 11.3 Å². The first-order chi connectivity index (χ1) is 13.7. The zero-order valence-corrected chi connectivity index (χ0v) is 16.8. The Morgan fingerprint density at radius 2 is 1.64 bits per heavy atom. The second-order valence-corrected chi connectivity index (χ2v) is 6.85. The Morgan fingerprint density at radius 3 is 2.32 bits per heavy atom. The van der Waals surface area contributed by atoms with Crippen molar-refractivity contribution < 1.29 is 9.37 Å². The van der Waals surface area contributed by atoms with Crippen LogP contribution in [0.3, 0.4) is 0 Å². The van der Waals surface area contributed by atoms with Gasteiger partial charge < -0.3 is 10.1 Å². The predicted octanol–water partition coefficient (Wildman–Crippen LogP) is 3.82. The summed E-state index contributed by atoms with van der Waals surface area (Å²) in [6.45, 7) is 0. The molecule has 0 spiro atoms. The third-order valence-electron chi connectivity index (χ3n) is 3.72. The Labute approximate surface area is 173 Å². The van der Waals surface area contributed by atoms with Crippen molar-refractivity contribution in [3.05, 3.63) is 57.7 Å². The average molecular weight is 487 g/mol. The quantitative estimate of drug-likeness (QED) is 0.240. The van der Waals surface area contributed by atoms with E-state index in [1.165, 1.54) is 0 Å². The van der Waals surface area contributed by atoms with Gasteiger partial charge in [0.15, 0.2) is 11.6 Å². The van der Waals surface area contributed by atoms with Crippen LogP contribution in [0.2, 0.25) is 0 Å². The highest BCUT2D eigenvalue weighted by molar-refractivity contribution is 14.1. The molecule has 0 aliphatic heterocycles. The number of benzene rings is 2. The number of hydrogen-bond donors (Lipinski definition) is 2. The van der Waals surface area contributed by atoms with Crippen molar-refractivity contribution in [3.63, 3.8) is 0 Å². The molecule has 0 aliphatic rings. The van der Waals surface area contributed by atoms with E-state index in [2.05, 4.69) is 58.7 Å². The molecule has 2 aromatic heterocycles. The summed E-state index contributed by atoms with van der Waals surface area (Å²) in [4.78, 5) is 8.77. The highest BCUT2D eigenvalue weighted by atomic mass is 127. The van der Waals surface area contributed by atoms with Gasteiger partial charge in [0.05, 0.1) is 13.3 Å². The SMILES string of the molecule is COc1ccc(C=NNc2nc3nonc3nc2Nc2ccc(I)cc2)cc1. The number of aromatic nitrogens is 4. The summed E-state index contributed by atoms with van der Waals surface area (Å²) in [5, 5.41) is 14.9. The molecule has 0 saturated heterocycles. The first kappa shape index (κ1) is 18.1. The minimum absolute atomic E-state index is 0.287. The van der Waals surface area contributed by atoms with Crippen molar-refractivity contribution in [1.29, 1.82) is 0 Å². The Hall–Kier alpha value is -3.28. The number of ether oxygens (including phenoxy) is 1. The van der Waals surface area contributed by atoms with E-state index < -0.39 is 0 Å². The normalized spacial score (nSPS) is 11.1. The minimum atomic E-state index is 0.287. The van der Waals surface area contributed by atoms with E-state index in [0.717, 1.165) is 20.6 Å². The van der Waals surface area contributed by atoms with Crippen LogP contribution in [-0.2, 0) is 0 Å². The molecule has 2 N–H and O–H groups in total. The fraction of sp³-hybridized carbons (Fsp3) is 0.0556. The molecule has 10 heteroatoms. The first-order valence-corrected chi connectivity index (χ1v) is 9.25. The van der Waals surface area contributed by atoms with Crippen LogP contribution >= 0.6 is 22.6 Å². The van der Waals surface area contributed by atoms with Gasteiger partial charge in [-0.05, 0) is 87.0 Å². The molecule has 0 saturated carbocycles. The predicted molar refractivity (Wildman–Crippen MR) is 114 cm³/mol. The number of methoxy groups -OCH3 is 1. The van der Waals surface area contributed by atoms with Gasteiger partial charge in [0.1, 0.15) is 5.75 Å². The summed E-state index contributed by atoms with van der Waals surface area (Å²) in [6.07, 6.45) is 1.67. The lowest BCUT2D eigenvalue weighted by Crippen LogP contribution is -2.03. The van der Waals surface area contributed by atoms with E-state index in [1.54, 1.807) is 13.3 Å². The summed E-state index contributed by atoms with van der Waals surface area (Å²) in [7, 11) is 1.63. The largest absolute Gasteiger partial charge is 0.497 e. The number of rotatable bonds is 6. The molecule has 0 aliphatic carbocycles. The molecule has 2 heterocycles. The van der Waals surface area contributed by atoms with Crippen LogP contribution in [0.5, 0.6) is 5.75 Å². The number of anilines is 3. The second kappa shape index (κ2) is 8.17. The molecule has 2 aromatic carbocycles. The molecule has 0 fully saturated rings. The first-order valence-electron chi connectivity index (χ1n) is 8.17. The Bertz CT molecular complexity index is 1110. The van der Waals surface area contributed by atoms with Crippen molar-refractivity contribution in [3.8, 4) is 5.75 Å². The molecule has 4 rings (SSSR count). The second-order valence-electron chi connectivity index (χ2n) is 5.61. The molecule has 0 amide bonds. The number of hydrazone groups is 1. The van der Waals surface area contributed by atoms with Crippen LogP contribution in [-0.4, -0.2) is 33.6 Å². The molecule has 4 aromatic rings. The van der Waals surface area contributed by atoms with Crippen LogP contribution in [0.4, 0.5) is 17.3 Å². The van der Waals surface area contributed by atoms with Crippen molar-refractivity contribution in [1.82, 2.24) is 20.3 Å². The van der Waals surface area contributed by atoms with E-state index in [1.807, 2.05) is 48.5 Å². The lowest BCUT2D eigenvalue weighted by molar-refractivity contribution is 0.314. The Balaban J connectivity index is 1.58. The molecule has 28 heavy (non-hydrogen) atoms. The fourth-order valence-electron chi connectivity index (χ4n) is 2.33. The third-order valence-corrected chi connectivity index (χ3v) is 4.44. The zero-order valence-electron chi connectivity index (χ0n) is 14.6. The molecule has 0 radical (unpaired) electrons. The third kappa shape index (κ3) is 4.17. The molecular weight excluding hydrogens is 473 g/mol. The van der Waals surface area contributed by atoms with Crippen LogP contribution in [0, 0.1) is 3.57 Å². The van der Waals surface area contributed by atoms with Crippen LogP contribution in [0.15, 0.2) is 58.3 Å². The zero-order chi connectivity index (χ0) is 19.3. The van der Waals surface area contributed by atoms with Crippen LogP contribution < -0.4 is 15.5 Å². The molecule has 140 valence electrons. The van der Waals surface area contributed by atoms with Crippen molar-refractivity contribution >= 4 is 57.4 Å². The summed E-state index contributed by atoms with van der Waals surface area (Å²) in [6, 6.07) is 15.4. The summed E-state index contributed by atoms with van der Waals surface area (Å²) >= 11 is 2.25. The van der Waals surface area contributed by atoms with E-state index in [0.29, 0.717) is 17.3 Å². The van der Waals surface area contributed by atoms with E-state index in [4.69, 9.17) is 9.37 Å². The molecule has 0 bridgehead atoms. The average Bonchev–Trinajstić information content (AvgIpc) is 3.17. The van der Waals surface area contributed by atoms with Gasteiger partial charge in [0, 0.05) is 9.26 Å². The van der Waals surface area contributed by atoms with Gasteiger partial charge in [-0.15, -0.1) is 0 Å². The molecular formula is C18H14IN7O2. The standard InChI is InChI=1S/C18H14IN7O2/c1-27-14-8-2-11(3-9-14)10-20-24-16-15(21-13-6-4-12(19)5-7-13)22-17-18(23-16)26-28-25-17/h2-10H,1H3,(H,21,22,25)(H,23,24,26). The summed E-state index contributed by atoms with van der Waals surface area (Å²) in [5.74, 6) is 1.63. The maximum atomic E-state index is 5.15. The highest BCUT2D eigenvalue weighted by Crippen LogP contribution is 2.24. The Morgan fingerprint density at radius 1 is 0.964 bits per heavy atom. The smallest absolute Gasteiger partial charge is 0.245 e. The van der Waals surface area contributed by atoms with Gasteiger partial charge in [-0.1, -0.05) is 0 Å². The number of hydrogen-bond acceptors (Lipinski definition) is 9. The summed E-state index contributed by atoms with van der Waals surface area (Å²) < 4.78 is 11.0. The maximum absolute atomic E-state index is 5.15. The van der Waals surface area contributed by atoms with Gasteiger partial charge >= 0.3 is 0 Å². The van der Waals surface area contributed by atoms with Gasteiger partial charge in [-0.3, -0.25) is 5.43 Å².